The number of carbonyl (C=O) groups excluding carboxylic acids is 2. The lowest BCUT2D eigenvalue weighted by molar-refractivity contribution is -0.118. The lowest BCUT2D eigenvalue weighted by Crippen LogP contribution is -2.25. The van der Waals surface area contributed by atoms with E-state index in [9.17, 15) is 9.59 Å². The first-order chi connectivity index (χ1) is 13.6. The van der Waals surface area contributed by atoms with E-state index in [1.165, 1.54) is 10.8 Å². The Hall–Kier alpha value is -3.12. The Labute approximate surface area is 165 Å². The molecule has 1 unspecified atom stereocenters. The maximum absolute atomic E-state index is 11.8. The van der Waals surface area contributed by atoms with Crippen LogP contribution < -0.4 is 5.32 Å². The molecule has 4 aromatic rings. The molecule has 0 aliphatic carbocycles. The number of thioether (sulfide) groups is 1. The van der Waals surface area contributed by atoms with Gasteiger partial charge < -0.3 is 4.42 Å². The molecule has 0 spiro atoms. The number of rotatable bonds is 4. The van der Waals surface area contributed by atoms with Crippen molar-refractivity contribution >= 4 is 44.8 Å². The minimum Gasteiger partial charge on any atom is -0.440 e. The van der Waals surface area contributed by atoms with Crippen LogP contribution in [0.15, 0.2) is 65.1 Å². The number of oxazole rings is 1. The zero-order valence-corrected chi connectivity index (χ0v) is 15.7. The minimum atomic E-state index is -0.384. The van der Waals surface area contributed by atoms with Gasteiger partial charge in [0.2, 0.25) is 5.91 Å². The summed E-state index contributed by atoms with van der Waals surface area (Å²) in [5.41, 5.74) is 3.58. The molecule has 1 aliphatic heterocycles. The second kappa shape index (κ2) is 6.80. The number of imide groups is 1. The van der Waals surface area contributed by atoms with E-state index in [2.05, 4.69) is 40.6 Å². The molecule has 1 aromatic heterocycles. The van der Waals surface area contributed by atoms with E-state index in [1.54, 1.807) is 0 Å². The Morgan fingerprint density at radius 2 is 1.79 bits per heavy atom. The van der Waals surface area contributed by atoms with Crippen molar-refractivity contribution in [2.45, 2.75) is 18.1 Å². The molecular formula is C22H16N2O3S. The van der Waals surface area contributed by atoms with Crippen LogP contribution in [0.2, 0.25) is 0 Å². The highest BCUT2D eigenvalue weighted by Crippen LogP contribution is 2.26. The summed E-state index contributed by atoms with van der Waals surface area (Å²) in [5, 5.41) is 4.05. The third-order valence-corrected chi connectivity index (χ3v) is 5.84. The molecule has 138 valence electrons. The molecule has 1 fully saturated rings. The second-order valence-electron chi connectivity index (χ2n) is 6.86. The van der Waals surface area contributed by atoms with Crippen molar-refractivity contribution < 1.29 is 14.0 Å². The van der Waals surface area contributed by atoms with Crippen molar-refractivity contribution in [1.29, 1.82) is 0 Å². The van der Waals surface area contributed by atoms with Gasteiger partial charge >= 0.3 is 0 Å². The van der Waals surface area contributed by atoms with Gasteiger partial charge in [-0.15, -0.1) is 0 Å². The van der Waals surface area contributed by atoms with Gasteiger partial charge in [0.15, 0.2) is 11.5 Å². The van der Waals surface area contributed by atoms with Crippen LogP contribution in [0.1, 0.15) is 17.0 Å². The molecule has 5 rings (SSSR count). The summed E-state index contributed by atoms with van der Waals surface area (Å²) in [6.07, 6.45) is 1.10. The van der Waals surface area contributed by atoms with Crippen LogP contribution in [-0.2, 0) is 17.6 Å². The largest absolute Gasteiger partial charge is 0.440 e. The number of aromatic nitrogens is 1. The third-order valence-electron chi connectivity index (χ3n) is 4.85. The van der Waals surface area contributed by atoms with Gasteiger partial charge in [0.1, 0.15) is 5.52 Å². The quantitative estimate of drug-likeness (QED) is 0.559. The Balaban J connectivity index is 1.38. The number of benzene rings is 3. The van der Waals surface area contributed by atoms with Gasteiger partial charge in [-0.3, -0.25) is 14.9 Å². The summed E-state index contributed by atoms with van der Waals surface area (Å²) in [7, 11) is 0. The lowest BCUT2D eigenvalue weighted by atomic mass is 10.1. The van der Waals surface area contributed by atoms with Gasteiger partial charge in [0.05, 0.1) is 5.25 Å². The average Bonchev–Trinajstić information content (AvgIpc) is 3.23. The molecule has 3 aromatic carbocycles. The van der Waals surface area contributed by atoms with Gasteiger partial charge in [-0.25, -0.2) is 4.98 Å². The zero-order chi connectivity index (χ0) is 19.1. The molecule has 1 N–H and O–H groups in total. The van der Waals surface area contributed by atoms with Crippen molar-refractivity contribution in [2.24, 2.45) is 0 Å². The van der Waals surface area contributed by atoms with Crippen molar-refractivity contribution in [3.8, 4) is 0 Å². The third kappa shape index (κ3) is 3.27. The Morgan fingerprint density at radius 1 is 0.964 bits per heavy atom. The molecule has 2 amide bonds. The van der Waals surface area contributed by atoms with E-state index in [1.807, 2.05) is 30.3 Å². The summed E-state index contributed by atoms with van der Waals surface area (Å²) < 4.78 is 5.95. The fourth-order valence-electron chi connectivity index (χ4n) is 3.48. The van der Waals surface area contributed by atoms with Crippen LogP contribution in [-0.4, -0.2) is 21.4 Å². The molecule has 2 heterocycles. The van der Waals surface area contributed by atoms with Crippen LogP contribution >= 0.6 is 11.8 Å². The van der Waals surface area contributed by atoms with Crippen LogP contribution in [0.5, 0.6) is 0 Å². The Morgan fingerprint density at radius 3 is 2.61 bits per heavy atom. The van der Waals surface area contributed by atoms with E-state index in [-0.39, 0.29) is 16.4 Å². The Kier molecular flexibility index (Phi) is 4.13. The molecule has 1 aliphatic rings. The standard InChI is InChI=1S/C22H16N2O3S/c25-21-19(28-22(26)24-21)11-14-6-8-17-18(10-14)27-20(23-17)12-13-5-7-15-3-1-2-4-16(15)9-13/h1-10,19H,11-12H2,(H,24,25,26). The maximum atomic E-state index is 11.8. The molecule has 1 atom stereocenters. The number of carbonyl (C=O) groups is 2. The summed E-state index contributed by atoms with van der Waals surface area (Å²) in [6.45, 7) is 0. The van der Waals surface area contributed by atoms with E-state index in [0.29, 0.717) is 24.3 Å². The molecule has 0 bridgehead atoms. The van der Waals surface area contributed by atoms with Crippen LogP contribution in [0, 0.1) is 0 Å². The first kappa shape index (κ1) is 17.0. The number of fused-ring (bicyclic) bond motifs is 2. The fourth-order valence-corrected chi connectivity index (χ4v) is 4.34. The highest BCUT2D eigenvalue weighted by atomic mass is 32.2. The molecule has 0 radical (unpaired) electrons. The van der Waals surface area contributed by atoms with Crippen LogP contribution in [0.4, 0.5) is 4.79 Å². The minimum absolute atomic E-state index is 0.232. The summed E-state index contributed by atoms with van der Waals surface area (Å²) in [4.78, 5) is 27.7. The molecule has 28 heavy (non-hydrogen) atoms. The summed E-state index contributed by atoms with van der Waals surface area (Å²) in [6, 6.07) is 20.3. The number of hydrogen-bond donors (Lipinski definition) is 1. The number of amides is 2. The topological polar surface area (TPSA) is 72.2 Å². The molecule has 0 saturated carbocycles. The van der Waals surface area contributed by atoms with E-state index in [0.717, 1.165) is 28.4 Å². The van der Waals surface area contributed by atoms with Crippen molar-refractivity contribution in [2.75, 3.05) is 0 Å². The van der Waals surface area contributed by atoms with Crippen molar-refractivity contribution in [3.05, 3.63) is 77.7 Å². The first-order valence-electron chi connectivity index (χ1n) is 9.01. The average molecular weight is 388 g/mol. The van der Waals surface area contributed by atoms with Gasteiger partial charge in [-0.2, -0.15) is 0 Å². The fraction of sp³-hybridized carbons (Fsp3) is 0.136. The zero-order valence-electron chi connectivity index (χ0n) is 14.8. The predicted octanol–water partition coefficient (Wildman–Crippen LogP) is 4.47. The first-order valence-corrected chi connectivity index (χ1v) is 9.89. The lowest BCUT2D eigenvalue weighted by Gasteiger charge is -2.04. The van der Waals surface area contributed by atoms with Crippen molar-refractivity contribution in [3.63, 3.8) is 0 Å². The van der Waals surface area contributed by atoms with Gasteiger partial charge in [-0.1, -0.05) is 60.3 Å². The highest BCUT2D eigenvalue weighted by Gasteiger charge is 2.31. The Bertz CT molecular complexity index is 1230. The normalized spacial score (nSPS) is 16.8. The van der Waals surface area contributed by atoms with Gasteiger partial charge in [0.25, 0.3) is 5.24 Å². The van der Waals surface area contributed by atoms with E-state index < -0.39 is 0 Å². The monoisotopic (exact) mass is 388 g/mol. The van der Waals surface area contributed by atoms with E-state index >= 15 is 0 Å². The van der Waals surface area contributed by atoms with Crippen molar-refractivity contribution in [1.82, 2.24) is 10.3 Å². The molecule has 5 nitrogen and oxygen atoms in total. The van der Waals surface area contributed by atoms with Crippen LogP contribution in [0.25, 0.3) is 21.9 Å². The number of hydrogen-bond acceptors (Lipinski definition) is 5. The summed E-state index contributed by atoms with van der Waals surface area (Å²) in [5.74, 6) is 0.426. The van der Waals surface area contributed by atoms with E-state index in [4.69, 9.17) is 4.42 Å². The van der Waals surface area contributed by atoms with Crippen LogP contribution in [0.3, 0.4) is 0 Å². The smallest absolute Gasteiger partial charge is 0.286 e. The molecule has 1 saturated heterocycles. The number of nitrogens with one attached hydrogen (secondary N) is 1. The SMILES string of the molecule is O=C1NC(=O)C(Cc2ccc3nc(Cc4ccc5ccccc5c4)oc3c2)S1. The van der Waals surface area contributed by atoms with Gasteiger partial charge in [0, 0.05) is 6.42 Å². The summed E-state index contributed by atoms with van der Waals surface area (Å²) >= 11 is 1.04. The van der Waals surface area contributed by atoms with Gasteiger partial charge in [-0.05, 0) is 40.5 Å². The highest BCUT2D eigenvalue weighted by molar-refractivity contribution is 8.15. The molecular weight excluding hydrogens is 372 g/mol. The number of nitrogens with zero attached hydrogens (tertiary/aromatic N) is 1. The second-order valence-corrected chi connectivity index (χ2v) is 8.03. The maximum Gasteiger partial charge on any atom is 0.286 e. The molecule has 6 heteroatoms. The predicted molar refractivity (Wildman–Crippen MR) is 109 cm³/mol.